The van der Waals surface area contributed by atoms with Crippen molar-refractivity contribution < 1.29 is 19.0 Å². The van der Waals surface area contributed by atoms with Gasteiger partial charge in [-0.15, -0.1) is 0 Å². The van der Waals surface area contributed by atoms with E-state index in [2.05, 4.69) is 5.10 Å². The smallest absolute Gasteiger partial charge is 0.337 e. The van der Waals surface area contributed by atoms with Gasteiger partial charge in [-0.2, -0.15) is 5.10 Å². The number of benzene rings is 2. The number of hydrogen-bond acceptors (Lipinski definition) is 5. The number of hydrogen-bond donors (Lipinski definition) is 1. The molecule has 0 aliphatic heterocycles. The zero-order chi connectivity index (χ0) is 21.3. The van der Waals surface area contributed by atoms with E-state index in [-0.39, 0.29) is 17.6 Å². The minimum absolute atomic E-state index is 0.211. The van der Waals surface area contributed by atoms with Crippen LogP contribution in [0.25, 0.3) is 16.8 Å². The molecule has 2 aromatic carbocycles. The fourth-order valence-corrected chi connectivity index (χ4v) is 3.40. The Balaban J connectivity index is 1.80. The average Bonchev–Trinajstić information content (AvgIpc) is 3.15. The van der Waals surface area contributed by atoms with Gasteiger partial charge in [0.05, 0.1) is 31.5 Å². The van der Waals surface area contributed by atoms with Crippen LogP contribution < -0.4 is 5.56 Å². The van der Waals surface area contributed by atoms with Crippen molar-refractivity contribution in [3.05, 3.63) is 93.8 Å². The first-order valence-corrected chi connectivity index (χ1v) is 9.16. The second-order valence-corrected chi connectivity index (χ2v) is 6.71. The molecule has 152 valence electrons. The summed E-state index contributed by atoms with van der Waals surface area (Å²) in [5.74, 6) is -0.894. The fourth-order valence-electron chi connectivity index (χ4n) is 3.40. The lowest BCUT2D eigenvalue weighted by atomic mass is 10.1. The summed E-state index contributed by atoms with van der Waals surface area (Å²) in [6.45, 7) is -0.210. The summed E-state index contributed by atoms with van der Waals surface area (Å²) < 4.78 is 21.2. The number of halogens is 1. The number of nitrogens with zero attached hydrogens (tertiary/aromatic N) is 3. The topological polar surface area (TPSA) is 85.8 Å². The first-order chi connectivity index (χ1) is 14.5. The van der Waals surface area contributed by atoms with Gasteiger partial charge in [0.25, 0.3) is 5.56 Å². The van der Waals surface area contributed by atoms with Crippen LogP contribution in [0.3, 0.4) is 0 Å². The zero-order valence-corrected chi connectivity index (χ0v) is 16.1. The minimum Gasteiger partial charge on any atom is -0.465 e. The normalized spacial score (nSPS) is 11.0. The molecule has 0 fully saturated rings. The van der Waals surface area contributed by atoms with Gasteiger partial charge in [0.2, 0.25) is 0 Å². The molecule has 30 heavy (non-hydrogen) atoms. The van der Waals surface area contributed by atoms with Gasteiger partial charge in [-0.25, -0.2) is 13.7 Å². The Kier molecular flexibility index (Phi) is 5.16. The van der Waals surface area contributed by atoms with E-state index in [1.165, 1.54) is 28.3 Å². The first kappa shape index (κ1) is 19.5. The molecule has 0 atom stereocenters. The molecule has 0 aliphatic carbocycles. The number of carbonyl (C=O) groups excluding carboxylic acids is 1. The number of aliphatic hydroxyl groups excluding tert-OH is 1. The van der Waals surface area contributed by atoms with E-state index >= 15 is 0 Å². The highest BCUT2D eigenvalue weighted by molar-refractivity contribution is 5.89. The molecule has 0 spiro atoms. The van der Waals surface area contributed by atoms with Gasteiger partial charge in [-0.3, -0.25) is 4.79 Å². The number of rotatable bonds is 5. The number of carbonyl (C=O) groups is 1. The maximum atomic E-state index is 13.6. The fraction of sp³-hybridized carbons (Fsp3) is 0.136. The predicted molar refractivity (Wildman–Crippen MR) is 108 cm³/mol. The lowest BCUT2D eigenvalue weighted by molar-refractivity contribution is 0.0600. The van der Waals surface area contributed by atoms with Gasteiger partial charge in [0.1, 0.15) is 11.3 Å². The Morgan fingerprint density at radius 2 is 1.97 bits per heavy atom. The van der Waals surface area contributed by atoms with Crippen LogP contribution in [-0.2, 0) is 17.9 Å². The number of methoxy groups -OCH3 is 1. The van der Waals surface area contributed by atoms with Gasteiger partial charge in [0.15, 0.2) is 0 Å². The van der Waals surface area contributed by atoms with Gasteiger partial charge < -0.3 is 14.4 Å². The molecule has 1 N–H and O–H groups in total. The lowest BCUT2D eigenvalue weighted by Crippen LogP contribution is -2.22. The highest BCUT2D eigenvalue weighted by atomic mass is 19.1. The number of aromatic nitrogens is 3. The highest BCUT2D eigenvalue weighted by Crippen LogP contribution is 2.25. The number of fused-ring (bicyclic) bond motifs is 1. The highest BCUT2D eigenvalue weighted by Gasteiger charge is 2.18. The van der Waals surface area contributed by atoms with Crippen LogP contribution >= 0.6 is 0 Å². The summed E-state index contributed by atoms with van der Waals surface area (Å²) in [4.78, 5) is 24.9. The van der Waals surface area contributed by atoms with Gasteiger partial charge in [0, 0.05) is 23.5 Å². The van der Waals surface area contributed by atoms with Crippen molar-refractivity contribution in [2.75, 3.05) is 7.11 Å². The monoisotopic (exact) mass is 407 g/mol. The Morgan fingerprint density at radius 1 is 1.17 bits per heavy atom. The van der Waals surface area contributed by atoms with Crippen LogP contribution in [0.15, 0.2) is 65.7 Å². The van der Waals surface area contributed by atoms with Gasteiger partial charge in [-0.1, -0.05) is 24.3 Å². The number of esters is 1. The molecular weight excluding hydrogens is 389 g/mol. The Hall–Kier alpha value is -3.78. The predicted octanol–water partition coefficient (Wildman–Crippen LogP) is 2.63. The first-order valence-electron chi connectivity index (χ1n) is 9.16. The Morgan fingerprint density at radius 3 is 2.70 bits per heavy atom. The van der Waals surface area contributed by atoms with Crippen LogP contribution in [0.1, 0.15) is 21.5 Å². The SMILES string of the molecule is COC(=O)c1cccc(Cn2ccn3nc(-c4cccc(F)c4)c(CO)c3c2=O)c1. The van der Waals surface area contributed by atoms with Crippen LogP contribution in [-0.4, -0.2) is 32.4 Å². The van der Waals surface area contributed by atoms with E-state index in [9.17, 15) is 19.1 Å². The van der Waals surface area contributed by atoms with Crippen molar-refractivity contribution >= 4 is 11.5 Å². The van der Waals surface area contributed by atoms with E-state index < -0.39 is 18.4 Å². The third-order valence-corrected chi connectivity index (χ3v) is 4.82. The van der Waals surface area contributed by atoms with Crippen LogP contribution in [0, 0.1) is 5.82 Å². The third kappa shape index (κ3) is 3.48. The zero-order valence-electron chi connectivity index (χ0n) is 16.1. The van der Waals surface area contributed by atoms with E-state index in [4.69, 9.17) is 4.74 Å². The average molecular weight is 407 g/mol. The van der Waals surface area contributed by atoms with E-state index in [0.717, 1.165) is 5.56 Å². The standard InChI is InChI=1S/C22H18FN3O4/c1-30-22(29)16-6-2-4-14(10-16)12-25-8-9-26-20(21(25)28)18(13-27)19(24-26)15-5-3-7-17(23)11-15/h2-11,27H,12-13H2,1H3. The molecule has 0 unspecified atom stereocenters. The van der Waals surface area contributed by atoms with Crippen molar-refractivity contribution in [3.63, 3.8) is 0 Å². The molecule has 0 saturated heterocycles. The second kappa shape index (κ2) is 7.92. The summed E-state index contributed by atoms with van der Waals surface area (Å²) in [6, 6.07) is 12.6. The van der Waals surface area contributed by atoms with Crippen molar-refractivity contribution in [2.45, 2.75) is 13.2 Å². The van der Waals surface area contributed by atoms with Crippen molar-refractivity contribution in [1.29, 1.82) is 0 Å². The lowest BCUT2D eigenvalue weighted by Gasteiger charge is -2.08. The molecular formula is C22H18FN3O4. The molecule has 0 aliphatic rings. The molecule has 0 saturated carbocycles. The molecule has 2 heterocycles. The van der Waals surface area contributed by atoms with Crippen LogP contribution in [0.5, 0.6) is 0 Å². The molecule has 0 bridgehead atoms. The summed E-state index contributed by atoms with van der Waals surface area (Å²) in [5.41, 5.74) is 2.11. The third-order valence-electron chi connectivity index (χ3n) is 4.82. The molecule has 8 heteroatoms. The van der Waals surface area contributed by atoms with Crippen LogP contribution in [0.2, 0.25) is 0 Å². The maximum Gasteiger partial charge on any atom is 0.337 e. The quantitative estimate of drug-likeness (QED) is 0.514. The van der Waals surface area contributed by atoms with Crippen LogP contribution in [0.4, 0.5) is 4.39 Å². The summed E-state index contributed by atoms with van der Waals surface area (Å²) in [5, 5.41) is 14.3. The van der Waals surface area contributed by atoms with Crippen molar-refractivity contribution in [2.24, 2.45) is 0 Å². The second-order valence-electron chi connectivity index (χ2n) is 6.71. The van der Waals surface area contributed by atoms with E-state index in [1.54, 1.807) is 48.8 Å². The molecule has 0 amide bonds. The number of ether oxygens (including phenoxy) is 1. The molecule has 7 nitrogen and oxygen atoms in total. The Labute approximate surface area is 170 Å². The number of aliphatic hydroxyl groups is 1. The molecule has 4 aromatic rings. The maximum absolute atomic E-state index is 13.6. The molecule has 4 rings (SSSR count). The van der Waals surface area contributed by atoms with E-state index in [0.29, 0.717) is 22.4 Å². The van der Waals surface area contributed by atoms with E-state index in [1.807, 2.05) is 0 Å². The molecule has 0 radical (unpaired) electrons. The van der Waals surface area contributed by atoms with Gasteiger partial charge in [-0.05, 0) is 29.8 Å². The molecule has 2 aromatic heterocycles. The minimum atomic E-state index is -0.460. The van der Waals surface area contributed by atoms with Crippen molar-refractivity contribution in [1.82, 2.24) is 14.2 Å². The summed E-state index contributed by atoms with van der Waals surface area (Å²) in [6.07, 6.45) is 3.17. The summed E-state index contributed by atoms with van der Waals surface area (Å²) in [7, 11) is 1.31. The van der Waals surface area contributed by atoms with Crippen molar-refractivity contribution in [3.8, 4) is 11.3 Å². The van der Waals surface area contributed by atoms with Gasteiger partial charge >= 0.3 is 5.97 Å². The largest absolute Gasteiger partial charge is 0.465 e. The summed E-state index contributed by atoms with van der Waals surface area (Å²) >= 11 is 0. The Bertz CT molecular complexity index is 1310.